The van der Waals surface area contributed by atoms with E-state index in [9.17, 15) is 19.2 Å². The Morgan fingerprint density at radius 1 is 1.06 bits per heavy atom. The molecule has 0 spiro atoms. The highest BCUT2D eigenvalue weighted by Gasteiger charge is 2.28. The molecule has 1 heterocycles. The second kappa shape index (κ2) is 12.5. The molecule has 0 aliphatic rings. The number of rotatable bonds is 9. The molecule has 1 atom stereocenters. The van der Waals surface area contributed by atoms with E-state index >= 15 is 0 Å². The highest BCUT2D eigenvalue weighted by atomic mass is 32.1. The van der Waals surface area contributed by atoms with E-state index in [0.717, 1.165) is 16.9 Å². The van der Waals surface area contributed by atoms with Crippen LogP contribution in [0, 0.1) is 0 Å². The maximum absolute atomic E-state index is 12.6. The third-order valence-corrected chi connectivity index (χ3v) is 5.15. The molecular formula is C24H28N2O7S. The number of amides is 2. The van der Waals surface area contributed by atoms with Crippen LogP contribution in [-0.2, 0) is 30.4 Å². The van der Waals surface area contributed by atoms with Crippen LogP contribution in [-0.4, -0.2) is 49.2 Å². The van der Waals surface area contributed by atoms with Gasteiger partial charge in [-0.1, -0.05) is 30.3 Å². The molecule has 0 saturated heterocycles. The molecule has 0 aliphatic heterocycles. The fourth-order valence-corrected chi connectivity index (χ4v) is 3.36. The van der Waals surface area contributed by atoms with Crippen molar-refractivity contribution >= 4 is 41.4 Å². The lowest BCUT2D eigenvalue weighted by Gasteiger charge is -2.24. The molecular weight excluding hydrogens is 460 g/mol. The lowest BCUT2D eigenvalue weighted by Crippen LogP contribution is -2.50. The van der Waals surface area contributed by atoms with Crippen LogP contribution in [0.4, 0.5) is 4.79 Å². The van der Waals surface area contributed by atoms with Gasteiger partial charge in [0.05, 0.1) is 12.0 Å². The molecule has 182 valence electrons. The summed E-state index contributed by atoms with van der Waals surface area (Å²) in [5.41, 5.74) is -0.00151. The first-order valence-corrected chi connectivity index (χ1v) is 11.2. The zero-order valence-corrected chi connectivity index (χ0v) is 20.3. The van der Waals surface area contributed by atoms with Gasteiger partial charge in [-0.2, -0.15) is 0 Å². The number of nitrogens with one attached hydrogen (secondary N) is 2. The summed E-state index contributed by atoms with van der Waals surface area (Å²) in [5, 5.41) is 5.07. The SMILES string of the molecule is COC(=O)/C=C/c1ccc(C(=O)NC[C@H](NC(=O)OCc2ccccc2)C(=O)OC(C)(C)C)s1. The van der Waals surface area contributed by atoms with Crippen molar-refractivity contribution in [1.29, 1.82) is 0 Å². The van der Waals surface area contributed by atoms with Crippen molar-refractivity contribution in [2.75, 3.05) is 13.7 Å². The Kier molecular flexibility index (Phi) is 9.81. The Hall–Kier alpha value is -3.66. The van der Waals surface area contributed by atoms with E-state index in [0.29, 0.717) is 9.75 Å². The second-order valence-electron chi connectivity index (χ2n) is 8.06. The van der Waals surface area contributed by atoms with Crippen molar-refractivity contribution in [3.05, 3.63) is 63.9 Å². The number of hydrogen-bond acceptors (Lipinski definition) is 8. The van der Waals surface area contributed by atoms with Gasteiger partial charge in [-0.25, -0.2) is 14.4 Å². The monoisotopic (exact) mass is 488 g/mol. The Bertz CT molecular complexity index is 1030. The molecule has 0 fully saturated rings. The number of carbonyl (C=O) groups is 4. The van der Waals surface area contributed by atoms with Crippen molar-refractivity contribution in [2.24, 2.45) is 0 Å². The second-order valence-corrected chi connectivity index (χ2v) is 9.18. The molecule has 0 unspecified atom stereocenters. The van der Waals surface area contributed by atoms with Gasteiger partial charge in [0.15, 0.2) is 0 Å². The van der Waals surface area contributed by atoms with E-state index < -0.39 is 35.6 Å². The summed E-state index contributed by atoms with van der Waals surface area (Å²) in [6.07, 6.45) is 1.96. The number of hydrogen-bond donors (Lipinski definition) is 2. The standard InChI is InChI=1S/C24H28N2O7S/c1-24(2,3)33-22(29)18(26-23(30)32-15-16-8-6-5-7-9-16)14-25-21(28)19-12-10-17(34-19)11-13-20(27)31-4/h5-13,18H,14-15H2,1-4H3,(H,25,28)(H,26,30)/b13-11+/t18-/m0/s1. The molecule has 10 heteroatoms. The van der Waals surface area contributed by atoms with E-state index in [2.05, 4.69) is 15.4 Å². The van der Waals surface area contributed by atoms with Gasteiger partial charge in [0.25, 0.3) is 5.91 Å². The van der Waals surface area contributed by atoms with Gasteiger partial charge in [-0.3, -0.25) is 4.79 Å². The molecule has 2 rings (SSSR count). The molecule has 2 aromatic rings. The number of benzene rings is 1. The number of thiophene rings is 1. The van der Waals surface area contributed by atoms with E-state index in [-0.39, 0.29) is 13.2 Å². The third kappa shape index (κ3) is 9.45. The van der Waals surface area contributed by atoms with Gasteiger partial charge in [0.2, 0.25) is 0 Å². The van der Waals surface area contributed by atoms with Gasteiger partial charge >= 0.3 is 18.0 Å². The summed E-state index contributed by atoms with van der Waals surface area (Å²) >= 11 is 1.15. The average molecular weight is 489 g/mol. The third-order valence-electron chi connectivity index (χ3n) is 4.10. The van der Waals surface area contributed by atoms with Crippen molar-refractivity contribution < 1.29 is 33.4 Å². The topological polar surface area (TPSA) is 120 Å². The Labute approximate surface area is 202 Å². The van der Waals surface area contributed by atoms with Crippen LogP contribution in [0.1, 0.15) is 40.9 Å². The smallest absolute Gasteiger partial charge is 0.408 e. The number of alkyl carbamates (subject to hydrolysis) is 1. The quantitative estimate of drug-likeness (QED) is 0.316. The van der Waals surface area contributed by atoms with E-state index in [1.54, 1.807) is 45.0 Å². The number of carbonyl (C=O) groups excluding carboxylic acids is 4. The van der Waals surface area contributed by atoms with Gasteiger partial charge in [-0.05, 0) is 44.5 Å². The van der Waals surface area contributed by atoms with Crippen LogP contribution >= 0.6 is 11.3 Å². The Morgan fingerprint density at radius 2 is 1.76 bits per heavy atom. The van der Waals surface area contributed by atoms with Gasteiger partial charge in [-0.15, -0.1) is 11.3 Å². The molecule has 1 aromatic carbocycles. The average Bonchev–Trinajstić information content (AvgIpc) is 3.27. The maximum Gasteiger partial charge on any atom is 0.408 e. The van der Waals surface area contributed by atoms with Crippen LogP contribution < -0.4 is 10.6 Å². The first kappa shape index (κ1) is 26.6. The van der Waals surface area contributed by atoms with Crippen LogP contribution in [0.2, 0.25) is 0 Å². The Morgan fingerprint density at radius 3 is 2.41 bits per heavy atom. The van der Waals surface area contributed by atoms with Gasteiger partial charge in [0, 0.05) is 17.5 Å². The molecule has 0 bridgehead atoms. The van der Waals surface area contributed by atoms with Crippen molar-refractivity contribution in [1.82, 2.24) is 10.6 Å². The molecule has 0 radical (unpaired) electrons. The van der Waals surface area contributed by atoms with Crippen molar-refractivity contribution in [3.63, 3.8) is 0 Å². The van der Waals surface area contributed by atoms with E-state index in [4.69, 9.17) is 9.47 Å². The highest BCUT2D eigenvalue weighted by molar-refractivity contribution is 7.14. The number of methoxy groups -OCH3 is 1. The summed E-state index contributed by atoms with van der Waals surface area (Å²) in [4.78, 5) is 49.7. The van der Waals surface area contributed by atoms with Gasteiger partial charge < -0.3 is 24.8 Å². The lowest BCUT2D eigenvalue weighted by atomic mass is 10.2. The fraction of sp³-hybridized carbons (Fsp3) is 0.333. The molecule has 2 N–H and O–H groups in total. The van der Waals surface area contributed by atoms with Crippen molar-refractivity contribution in [3.8, 4) is 0 Å². The summed E-state index contributed by atoms with van der Waals surface area (Å²) in [6, 6.07) is 11.2. The lowest BCUT2D eigenvalue weighted by molar-refractivity contribution is -0.157. The maximum atomic E-state index is 12.6. The van der Waals surface area contributed by atoms with E-state index in [1.165, 1.54) is 19.3 Å². The molecule has 0 saturated carbocycles. The van der Waals surface area contributed by atoms with E-state index in [1.807, 2.05) is 18.2 Å². The minimum Gasteiger partial charge on any atom is -0.466 e. The first-order chi connectivity index (χ1) is 16.1. The Balaban J connectivity index is 1.99. The fourth-order valence-electron chi connectivity index (χ4n) is 2.54. The summed E-state index contributed by atoms with van der Waals surface area (Å²) < 4.78 is 15.1. The zero-order chi connectivity index (χ0) is 25.1. The molecule has 2 amide bonds. The van der Waals surface area contributed by atoms with Crippen LogP contribution in [0.3, 0.4) is 0 Å². The molecule has 34 heavy (non-hydrogen) atoms. The minimum absolute atomic E-state index is 0.0249. The van der Waals surface area contributed by atoms with Gasteiger partial charge in [0.1, 0.15) is 18.2 Å². The molecule has 0 aliphatic carbocycles. The molecule has 9 nitrogen and oxygen atoms in total. The highest BCUT2D eigenvalue weighted by Crippen LogP contribution is 2.18. The predicted molar refractivity (Wildman–Crippen MR) is 127 cm³/mol. The molecule has 1 aromatic heterocycles. The normalized spacial score (nSPS) is 12.0. The number of ether oxygens (including phenoxy) is 3. The van der Waals surface area contributed by atoms with Crippen LogP contribution in [0.5, 0.6) is 0 Å². The number of esters is 2. The van der Waals surface area contributed by atoms with Crippen molar-refractivity contribution in [2.45, 2.75) is 39.0 Å². The zero-order valence-electron chi connectivity index (χ0n) is 19.5. The minimum atomic E-state index is -1.16. The first-order valence-electron chi connectivity index (χ1n) is 10.4. The summed E-state index contributed by atoms with van der Waals surface area (Å²) in [6.45, 7) is 4.91. The summed E-state index contributed by atoms with van der Waals surface area (Å²) in [5.74, 6) is -1.67. The predicted octanol–water partition coefficient (Wildman–Crippen LogP) is 3.30. The van der Waals surface area contributed by atoms with Crippen LogP contribution in [0.25, 0.3) is 6.08 Å². The summed E-state index contributed by atoms with van der Waals surface area (Å²) in [7, 11) is 1.27. The van der Waals surface area contributed by atoms with Crippen LogP contribution in [0.15, 0.2) is 48.5 Å². The largest absolute Gasteiger partial charge is 0.466 e.